The third-order valence-electron chi connectivity index (χ3n) is 4.58. The van der Waals surface area contributed by atoms with Crippen LogP contribution in [0.4, 0.5) is 5.69 Å². The molecule has 0 aromatic heterocycles. The van der Waals surface area contributed by atoms with E-state index in [-0.39, 0.29) is 11.8 Å². The van der Waals surface area contributed by atoms with Crippen molar-refractivity contribution in [2.45, 2.75) is 19.3 Å². The molecule has 0 saturated heterocycles. The fourth-order valence-electron chi connectivity index (χ4n) is 3.21. The summed E-state index contributed by atoms with van der Waals surface area (Å²) >= 11 is 0. The number of rotatable bonds is 5. The van der Waals surface area contributed by atoms with Crippen molar-refractivity contribution in [3.8, 4) is 11.5 Å². The number of hydrogen-bond acceptors (Lipinski definition) is 4. The van der Waals surface area contributed by atoms with Crippen LogP contribution in [0.5, 0.6) is 11.5 Å². The minimum atomic E-state index is -0.114. The van der Waals surface area contributed by atoms with E-state index < -0.39 is 0 Å². The third kappa shape index (κ3) is 3.49. The lowest BCUT2D eigenvalue weighted by atomic mass is 10.0. The molecule has 0 fully saturated rings. The van der Waals surface area contributed by atoms with Crippen molar-refractivity contribution in [3.63, 3.8) is 0 Å². The van der Waals surface area contributed by atoms with Crippen molar-refractivity contribution in [3.05, 3.63) is 53.1 Å². The Hall–Kier alpha value is -3.02. The highest BCUT2D eigenvalue weighted by Crippen LogP contribution is 2.27. The molecular weight excluding hydrogens is 332 g/mol. The number of carbonyl (C=O) groups is 2. The largest absolute Gasteiger partial charge is 0.493 e. The van der Waals surface area contributed by atoms with E-state index >= 15 is 0 Å². The average molecular weight is 352 g/mol. The van der Waals surface area contributed by atoms with Gasteiger partial charge in [-0.1, -0.05) is 0 Å². The molecule has 6 heteroatoms. The Labute approximate surface area is 151 Å². The van der Waals surface area contributed by atoms with Crippen LogP contribution in [0, 0.1) is 0 Å². The van der Waals surface area contributed by atoms with Gasteiger partial charge in [0.2, 0.25) is 5.91 Å². The van der Waals surface area contributed by atoms with Crippen LogP contribution in [0.2, 0.25) is 0 Å². The maximum absolute atomic E-state index is 12.2. The Kier molecular flexibility index (Phi) is 4.48. The van der Waals surface area contributed by atoms with Crippen molar-refractivity contribution in [1.29, 1.82) is 0 Å². The van der Waals surface area contributed by atoms with Gasteiger partial charge in [-0.15, -0.1) is 0 Å². The molecule has 0 bridgehead atoms. The standard InChI is InChI=1S/C20H20N2O4/c23-19-6-2-13-12-16(3-4-17(13)22-19)25-10-8-21-20(24)15-1-5-18-14(11-15)7-9-26-18/h1,3-5,11-12H,2,6-10H2,(H,21,24)(H,22,23). The van der Waals surface area contributed by atoms with E-state index in [0.717, 1.165) is 41.2 Å². The smallest absolute Gasteiger partial charge is 0.251 e. The molecule has 26 heavy (non-hydrogen) atoms. The number of fused-ring (bicyclic) bond motifs is 2. The summed E-state index contributed by atoms with van der Waals surface area (Å²) in [6.07, 6.45) is 2.06. The highest BCUT2D eigenvalue weighted by Gasteiger charge is 2.16. The predicted molar refractivity (Wildman–Crippen MR) is 96.9 cm³/mol. The summed E-state index contributed by atoms with van der Waals surface area (Å²) in [5.41, 5.74) is 3.64. The monoisotopic (exact) mass is 352 g/mol. The van der Waals surface area contributed by atoms with E-state index in [1.54, 1.807) is 6.07 Å². The first kappa shape index (κ1) is 16.4. The number of carbonyl (C=O) groups excluding carboxylic acids is 2. The summed E-state index contributed by atoms with van der Waals surface area (Å²) in [6.45, 7) is 1.48. The summed E-state index contributed by atoms with van der Waals surface area (Å²) in [7, 11) is 0. The van der Waals surface area contributed by atoms with E-state index in [1.807, 2.05) is 30.3 Å². The molecule has 0 spiro atoms. The summed E-state index contributed by atoms with van der Waals surface area (Å²) in [5, 5.41) is 5.71. The number of anilines is 1. The summed E-state index contributed by atoms with van der Waals surface area (Å²) in [5.74, 6) is 1.54. The molecule has 0 atom stereocenters. The Morgan fingerprint density at radius 3 is 2.96 bits per heavy atom. The van der Waals surface area contributed by atoms with Crippen LogP contribution in [0.15, 0.2) is 36.4 Å². The van der Waals surface area contributed by atoms with Crippen molar-refractivity contribution in [1.82, 2.24) is 5.32 Å². The normalized spacial score (nSPS) is 14.7. The van der Waals surface area contributed by atoms with E-state index in [0.29, 0.717) is 31.7 Å². The van der Waals surface area contributed by atoms with Crippen LogP contribution in [-0.4, -0.2) is 31.6 Å². The Morgan fingerprint density at radius 1 is 1.12 bits per heavy atom. The summed E-state index contributed by atoms with van der Waals surface area (Å²) in [4.78, 5) is 23.6. The quantitative estimate of drug-likeness (QED) is 0.810. The second-order valence-corrected chi connectivity index (χ2v) is 6.39. The van der Waals surface area contributed by atoms with Gasteiger partial charge in [0, 0.05) is 24.1 Å². The molecule has 134 valence electrons. The van der Waals surface area contributed by atoms with Crippen LogP contribution < -0.4 is 20.1 Å². The molecular formula is C20H20N2O4. The molecule has 2 heterocycles. The molecule has 2 aliphatic heterocycles. The van der Waals surface area contributed by atoms with Gasteiger partial charge >= 0.3 is 0 Å². The Balaban J connectivity index is 1.27. The molecule has 0 saturated carbocycles. The molecule has 4 rings (SSSR count). The minimum absolute atomic E-state index is 0.0481. The molecule has 2 amide bonds. The Bertz CT molecular complexity index is 863. The fraction of sp³-hybridized carbons (Fsp3) is 0.300. The number of ether oxygens (including phenoxy) is 2. The highest BCUT2D eigenvalue weighted by atomic mass is 16.5. The van der Waals surface area contributed by atoms with Crippen molar-refractivity contribution >= 4 is 17.5 Å². The van der Waals surface area contributed by atoms with E-state index in [4.69, 9.17) is 9.47 Å². The zero-order valence-electron chi connectivity index (χ0n) is 14.3. The lowest BCUT2D eigenvalue weighted by molar-refractivity contribution is -0.116. The predicted octanol–water partition coefficient (Wildman–Crippen LogP) is 2.31. The molecule has 0 aliphatic carbocycles. The molecule has 0 unspecified atom stereocenters. The summed E-state index contributed by atoms with van der Waals surface area (Å²) < 4.78 is 11.2. The van der Waals surface area contributed by atoms with Crippen LogP contribution in [0.1, 0.15) is 27.9 Å². The average Bonchev–Trinajstić information content (AvgIpc) is 3.12. The minimum Gasteiger partial charge on any atom is -0.493 e. The number of hydrogen-bond donors (Lipinski definition) is 2. The molecule has 6 nitrogen and oxygen atoms in total. The van der Waals surface area contributed by atoms with Gasteiger partial charge in [0.1, 0.15) is 18.1 Å². The van der Waals surface area contributed by atoms with Crippen LogP contribution >= 0.6 is 0 Å². The Morgan fingerprint density at radius 2 is 2.04 bits per heavy atom. The van der Waals surface area contributed by atoms with Gasteiger partial charge in [-0.3, -0.25) is 9.59 Å². The molecule has 2 aromatic carbocycles. The maximum atomic E-state index is 12.2. The van der Waals surface area contributed by atoms with Gasteiger partial charge in [0.05, 0.1) is 13.2 Å². The van der Waals surface area contributed by atoms with Crippen LogP contribution in [-0.2, 0) is 17.6 Å². The van der Waals surface area contributed by atoms with Crippen molar-refractivity contribution in [2.75, 3.05) is 25.1 Å². The topological polar surface area (TPSA) is 76.7 Å². The van der Waals surface area contributed by atoms with Gasteiger partial charge in [0.15, 0.2) is 0 Å². The molecule has 2 N–H and O–H groups in total. The van der Waals surface area contributed by atoms with E-state index in [2.05, 4.69) is 10.6 Å². The first-order chi connectivity index (χ1) is 12.7. The highest BCUT2D eigenvalue weighted by molar-refractivity contribution is 5.95. The van der Waals surface area contributed by atoms with Crippen LogP contribution in [0.3, 0.4) is 0 Å². The van der Waals surface area contributed by atoms with Crippen molar-refractivity contribution in [2.24, 2.45) is 0 Å². The van der Waals surface area contributed by atoms with Crippen molar-refractivity contribution < 1.29 is 19.1 Å². The van der Waals surface area contributed by atoms with Gasteiger partial charge in [-0.2, -0.15) is 0 Å². The van der Waals surface area contributed by atoms with Crippen LogP contribution in [0.25, 0.3) is 0 Å². The lowest BCUT2D eigenvalue weighted by Gasteiger charge is -2.17. The molecule has 0 radical (unpaired) electrons. The third-order valence-corrected chi connectivity index (χ3v) is 4.58. The van der Waals surface area contributed by atoms with Gasteiger partial charge < -0.3 is 20.1 Å². The maximum Gasteiger partial charge on any atom is 0.251 e. The number of benzene rings is 2. The SMILES string of the molecule is O=C1CCc2cc(OCCNC(=O)c3ccc4c(c3)CCO4)ccc2N1. The lowest BCUT2D eigenvalue weighted by Crippen LogP contribution is -2.28. The molecule has 2 aliphatic rings. The van der Waals surface area contributed by atoms with E-state index in [9.17, 15) is 9.59 Å². The van der Waals surface area contributed by atoms with E-state index in [1.165, 1.54) is 0 Å². The number of amides is 2. The zero-order valence-corrected chi connectivity index (χ0v) is 14.3. The van der Waals surface area contributed by atoms with Gasteiger partial charge in [-0.25, -0.2) is 0 Å². The molecule has 2 aromatic rings. The number of aryl methyl sites for hydroxylation is 1. The fourth-order valence-corrected chi connectivity index (χ4v) is 3.21. The number of nitrogens with one attached hydrogen (secondary N) is 2. The second kappa shape index (κ2) is 7.07. The first-order valence-electron chi connectivity index (χ1n) is 8.78. The second-order valence-electron chi connectivity index (χ2n) is 6.39. The first-order valence-corrected chi connectivity index (χ1v) is 8.78. The van der Waals surface area contributed by atoms with Gasteiger partial charge in [-0.05, 0) is 53.9 Å². The van der Waals surface area contributed by atoms with Gasteiger partial charge in [0.25, 0.3) is 5.91 Å². The zero-order chi connectivity index (χ0) is 17.9. The summed E-state index contributed by atoms with van der Waals surface area (Å²) in [6, 6.07) is 11.1.